The maximum atomic E-state index is 12.8. The predicted molar refractivity (Wildman–Crippen MR) is 112 cm³/mol. The fourth-order valence-electron chi connectivity index (χ4n) is 2.92. The molecular formula is C23H22O6. The average Bonchev–Trinajstić information content (AvgIpc) is 2.65. The number of fused-ring (bicyclic) bond motifs is 2. The number of carbonyl (C=O) groups excluding carboxylic acids is 1. The Morgan fingerprint density at radius 2 is 1.90 bits per heavy atom. The minimum absolute atomic E-state index is 0.00497. The molecule has 0 saturated carbocycles. The third-order valence-corrected chi connectivity index (χ3v) is 4.61. The van der Waals surface area contributed by atoms with Crippen LogP contribution in [0.25, 0.3) is 21.9 Å². The summed E-state index contributed by atoms with van der Waals surface area (Å²) in [5.74, 6) is -0.0115. The van der Waals surface area contributed by atoms with Gasteiger partial charge in [-0.15, -0.1) is 0 Å². The van der Waals surface area contributed by atoms with E-state index in [1.54, 1.807) is 25.1 Å². The molecule has 0 bridgehead atoms. The molecular weight excluding hydrogens is 372 g/mol. The van der Waals surface area contributed by atoms with Crippen LogP contribution in [0.3, 0.4) is 0 Å². The molecule has 0 fully saturated rings. The maximum Gasteiger partial charge on any atom is 0.204 e. The Hall–Kier alpha value is -3.54. The number of Topliss-reactive ketones (excluding diaryl/α,β-unsaturated/α-hetero) is 1. The van der Waals surface area contributed by atoms with Gasteiger partial charge in [-0.2, -0.15) is 0 Å². The van der Waals surface area contributed by atoms with Crippen molar-refractivity contribution in [2.75, 3.05) is 6.61 Å². The van der Waals surface area contributed by atoms with E-state index in [0.29, 0.717) is 29.7 Å². The van der Waals surface area contributed by atoms with Crippen molar-refractivity contribution in [1.82, 2.24) is 0 Å². The monoisotopic (exact) mass is 394 g/mol. The topological polar surface area (TPSA) is 97.0 Å². The third kappa shape index (κ3) is 4.48. The minimum atomic E-state index is -0.408. The molecule has 2 N–H and O–H groups in total. The predicted octanol–water partition coefficient (Wildman–Crippen LogP) is 4.61. The number of allylic oxidation sites excluding steroid dienone is 2. The van der Waals surface area contributed by atoms with E-state index < -0.39 is 5.43 Å². The summed E-state index contributed by atoms with van der Waals surface area (Å²) in [4.78, 5) is 24.4. The van der Waals surface area contributed by atoms with E-state index in [4.69, 9.17) is 9.15 Å². The third-order valence-electron chi connectivity index (χ3n) is 4.61. The summed E-state index contributed by atoms with van der Waals surface area (Å²) < 4.78 is 11.3. The highest BCUT2D eigenvalue weighted by atomic mass is 16.5. The van der Waals surface area contributed by atoms with Gasteiger partial charge >= 0.3 is 0 Å². The summed E-state index contributed by atoms with van der Waals surface area (Å²) in [6, 6.07) is 7.22. The van der Waals surface area contributed by atoms with Crippen LogP contribution in [0.1, 0.15) is 26.7 Å². The van der Waals surface area contributed by atoms with Crippen molar-refractivity contribution in [3.63, 3.8) is 0 Å². The highest BCUT2D eigenvalue weighted by Crippen LogP contribution is 2.30. The average molecular weight is 394 g/mol. The standard InChI is InChI=1S/C23H22O6/c1-13(2)18(25)6-4-14(3)8-9-28-16-5-7-20-17(12-16)23(27)22-19(26)10-15(24)11-21(22)29-20/h5,7-8,10-12,24,26H,1,4,6,9H2,2-3H3/b14-8+. The Kier molecular flexibility index (Phi) is 5.73. The number of carbonyl (C=O) groups is 1. The number of rotatable bonds is 7. The first-order valence-corrected chi connectivity index (χ1v) is 9.16. The smallest absolute Gasteiger partial charge is 0.204 e. The van der Waals surface area contributed by atoms with E-state index >= 15 is 0 Å². The molecule has 2 aromatic carbocycles. The summed E-state index contributed by atoms with van der Waals surface area (Å²) in [5, 5.41) is 19.9. The van der Waals surface area contributed by atoms with Crippen molar-refractivity contribution in [3.05, 3.63) is 64.4 Å². The highest BCUT2D eigenvalue weighted by molar-refractivity contribution is 5.94. The zero-order chi connectivity index (χ0) is 21.1. The molecule has 0 aliphatic heterocycles. The van der Waals surface area contributed by atoms with Crippen LogP contribution in [0.15, 0.2) is 63.3 Å². The maximum absolute atomic E-state index is 12.8. The Balaban J connectivity index is 1.79. The highest BCUT2D eigenvalue weighted by Gasteiger charge is 2.13. The van der Waals surface area contributed by atoms with E-state index in [-0.39, 0.29) is 40.2 Å². The van der Waals surface area contributed by atoms with Crippen LogP contribution in [0.5, 0.6) is 17.2 Å². The van der Waals surface area contributed by atoms with Gasteiger partial charge in [-0.3, -0.25) is 9.59 Å². The molecule has 3 aromatic rings. The van der Waals surface area contributed by atoms with Crippen LogP contribution < -0.4 is 10.2 Å². The van der Waals surface area contributed by atoms with Crippen LogP contribution in [-0.4, -0.2) is 22.6 Å². The van der Waals surface area contributed by atoms with Gasteiger partial charge in [0.1, 0.15) is 40.4 Å². The Bertz CT molecular complexity index is 1200. The second kappa shape index (κ2) is 8.22. The second-order valence-electron chi connectivity index (χ2n) is 6.99. The summed E-state index contributed by atoms with van der Waals surface area (Å²) in [5.41, 5.74) is 1.60. The molecule has 1 aromatic heterocycles. The number of hydrogen-bond acceptors (Lipinski definition) is 6. The molecule has 0 spiro atoms. The van der Waals surface area contributed by atoms with E-state index in [0.717, 1.165) is 11.6 Å². The van der Waals surface area contributed by atoms with Crippen molar-refractivity contribution in [1.29, 1.82) is 0 Å². The van der Waals surface area contributed by atoms with Crippen molar-refractivity contribution < 1.29 is 24.2 Å². The van der Waals surface area contributed by atoms with Gasteiger partial charge in [0.2, 0.25) is 5.43 Å². The molecule has 0 amide bonds. The molecule has 0 atom stereocenters. The van der Waals surface area contributed by atoms with E-state index in [2.05, 4.69) is 6.58 Å². The minimum Gasteiger partial charge on any atom is -0.508 e. The summed E-state index contributed by atoms with van der Waals surface area (Å²) in [6.45, 7) is 7.55. The molecule has 0 saturated heterocycles. The SMILES string of the molecule is C=C(C)C(=O)CC/C(C)=C/COc1ccc2oc3cc(O)cc(O)c3c(=O)c2c1. The first-order chi connectivity index (χ1) is 13.8. The number of ether oxygens (including phenoxy) is 1. The zero-order valence-electron chi connectivity index (χ0n) is 16.3. The first-order valence-electron chi connectivity index (χ1n) is 9.16. The van der Waals surface area contributed by atoms with Crippen LogP contribution >= 0.6 is 0 Å². The lowest BCUT2D eigenvalue weighted by molar-refractivity contribution is -0.115. The van der Waals surface area contributed by atoms with Gasteiger partial charge in [0, 0.05) is 18.6 Å². The molecule has 1 heterocycles. The van der Waals surface area contributed by atoms with Gasteiger partial charge in [0.15, 0.2) is 5.78 Å². The van der Waals surface area contributed by atoms with Gasteiger partial charge in [-0.1, -0.05) is 12.2 Å². The van der Waals surface area contributed by atoms with Crippen LogP contribution in [0.2, 0.25) is 0 Å². The summed E-state index contributed by atoms with van der Waals surface area (Å²) in [6.07, 6.45) is 2.93. The molecule has 0 aliphatic carbocycles. The lowest BCUT2D eigenvalue weighted by Gasteiger charge is -2.07. The van der Waals surface area contributed by atoms with Crippen molar-refractivity contribution in [2.45, 2.75) is 26.7 Å². The fraction of sp³-hybridized carbons (Fsp3) is 0.217. The van der Waals surface area contributed by atoms with Gasteiger partial charge < -0.3 is 19.4 Å². The Labute approximate surface area is 167 Å². The number of ketones is 1. The van der Waals surface area contributed by atoms with Crippen LogP contribution in [0, 0.1) is 0 Å². The number of phenols is 2. The molecule has 6 nitrogen and oxygen atoms in total. The molecule has 6 heteroatoms. The second-order valence-corrected chi connectivity index (χ2v) is 6.99. The van der Waals surface area contributed by atoms with E-state index in [1.165, 1.54) is 6.07 Å². The molecule has 0 radical (unpaired) electrons. The number of benzene rings is 2. The quantitative estimate of drug-likeness (QED) is 0.345. The molecule has 29 heavy (non-hydrogen) atoms. The number of hydrogen-bond donors (Lipinski definition) is 2. The van der Waals surface area contributed by atoms with Crippen LogP contribution in [0.4, 0.5) is 0 Å². The molecule has 0 unspecified atom stereocenters. The van der Waals surface area contributed by atoms with E-state index in [1.807, 2.05) is 13.0 Å². The normalized spacial score (nSPS) is 11.7. The van der Waals surface area contributed by atoms with Gasteiger partial charge in [-0.05, 0) is 50.1 Å². The van der Waals surface area contributed by atoms with Gasteiger partial charge in [0.05, 0.1) is 5.39 Å². The van der Waals surface area contributed by atoms with E-state index in [9.17, 15) is 19.8 Å². The van der Waals surface area contributed by atoms with Crippen molar-refractivity contribution in [3.8, 4) is 17.2 Å². The van der Waals surface area contributed by atoms with Gasteiger partial charge in [0.25, 0.3) is 0 Å². The molecule has 3 rings (SSSR count). The first kappa shape index (κ1) is 20.2. The Morgan fingerprint density at radius 1 is 1.14 bits per heavy atom. The summed E-state index contributed by atoms with van der Waals surface area (Å²) in [7, 11) is 0. The van der Waals surface area contributed by atoms with Crippen molar-refractivity contribution >= 4 is 27.7 Å². The molecule has 150 valence electrons. The fourth-order valence-corrected chi connectivity index (χ4v) is 2.92. The number of phenolic OH excluding ortho intramolecular Hbond substituents is 2. The van der Waals surface area contributed by atoms with Crippen molar-refractivity contribution in [2.24, 2.45) is 0 Å². The lowest BCUT2D eigenvalue weighted by Crippen LogP contribution is -2.03. The number of aromatic hydroxyl groups is 2. The zero-order valence-corrected chi connectivity index (χ0v) is 16.3. The molecule has 0 aliphatic rings. The van der Waals surface area contributed by atoms with Gasteiger partial charge in [-0.25, -0.2) is 0 Å². The van der Waals surface area contributed by atoms with Crippen LogP contribution in [-0.2, 0) is 4.79 Å². The Morgan fingerprint density at radius 3 is 2.62 bits per heavy atom. The summed E-state index contributed by atoms with van der Waals surface area (Å²) >= 11 is 0. The lowest BCUT2D eigenvalue weighted by atomic mass is 10.1. The largest absolute Gasteiger partial charge is 0.508 e.